The highest BCUT2D eigenvalue weighted by molar-refractivity contribution is 9.09. The summed E-state index contributed by atoms with van der Waals surface area (Å²) in [7, 11) is 0. The molecule has 2 heteroatoms. The molecule has 0 aromatic carbocycles. The SMILES string of the molecule is CCC1CCCCCN1CC1(CBr)CCCCC1. The van der Waals surface area contributed by atoms with Gasteiger partial charge in [-0.05, 0) is 44.1 Å². The second kappa shape index (κ2) is 7.28. The normalized spacial score (nSPS) is 30.0. The maximum Gasteiger partial charge on any atom is 0.0100 e. The number of halogens is 1. The number of likely N-dealkylation sites (tertiary alicyclic amines) is 1. The predicted molar refractivity (Wildman–Crippen MR) is 83.4 cm³/mol. The van der Waals surface area contributed by atoms with E-state index in [1.807, 2.05) is 0 Å². The van der Waals surface area contributed by atoms with Gasteiger partial charge in [0.2, 0.25) is 0 Å². The molecule has 0 radical (unpaired) electrons. The van der Waals surface area contributed by atoms with Crippen molar-refractivity contribution in [3.05, 3.63) is 0 Å². The average molecular weight is 316 g/mol. The van der Waals surface area contributed by atoms with Crippen molar-refractivity contribution in [2.45, 2.75) is 77.2 Å². The topological polar surface area (TPSA) is 3.24 Å². The first-order chi connectivity index (χ1) is 8.79. The lowest BCUT2D eigenvalue weighted by molar-refractivity contribution is 0.0927. The van der Waals surface area contributed by atoms with Crippen molar-refractivity contribution in [3.8, 4) is 0 Å². The highest BCUT2D eigenvalue weighted by Crippen LogP contribution is 2.39. The van der Waals surface area contributed by atoms with Gasteiger partial charge in [-0.1, -0.05) is 55.0 Å². The minimum Gasteiger partial charge on any atom is -0.300 e. The molecule has 18 heavy (non-hydrogen) atoms. The lowest BCUT2D eigenvalue weighted by Gasteiger charge is -2.42. The summed E-state index contributed by atoms with van der Waals surface area (Å²) in [6.07, 6.45) is 14.4. The van der Waals surface area contributed by atoms with Crippen LogP contribution in [-0.2, 0) is 0 Å². The van der Waals surface area contributed by atoms with Gasteiger partial charge < -0.3 is 0 Å². The van der Waals surface area contributed by atoms with E-state index < -0.39 is 0 Å². The molecule has 0 aromatic rings. The lowest BCUT2D eigenvalue weighted by atomic mass is 9.75. The maximum atomic E-state index is 3.83. The first-order valence-electron chi connectivity index (χ1n) is 8.10. The van der Waals surface area contributed by atoms with Gasteiger partial charge in [-0.2, -0.15) is 0 Å². The van der Waals surface area contributed by atoms with Crippen LogP contribution in [0.3, 0.4) is 0 Å². The van der Waals surface area contributed by atoms with Gasteiger partial charge in [0.05, 0.1) is 0 Å². The molecule has 1 saturated heterocycles. The Balaban J connectivity index is 1.99. The number of hydrogen-bond donors (Lipinski definition) is 0. The van der Waals surface area contributed by atoms with Crippen LogP contribution < -0.4 is 0 Å². The van der Waals surface area contributed by atoms with Gasteiger partial charge in [0.25, 0.3) is 0 Å². The molecule has 0 amide bonds. The number of alkyl halides is 1. The molecule has 2 aliphatic rings. The van der Waals surface area contributed by atoms with Gasteiger partial charge in [0, 0.05) is 17.9 Å². The standard InChI is InChI=1S/C16H30BrN/c1-2-15-9-5-3-8-12-18(15)14-16(13-17)10-6-4-7-11-16/h15H,2-14H2,1H3. The van der Waals surface area contributed by atoms with E-state index in [1.54, 1.807) is 0 Å². The van der Waals surface area contributed by atoms with Gasteiger partial charge in [0.1, 0.15) is 0 Å². The van der Waals surface area contributed by atoms with E-state index in [-0.39, 0.29) is 0 Å². The average Bonchev–Trinajstić information content (AvgIpc) is 2.65. The van der Waals surface area contributed by atoms with Gasteiger partial charge in [0.15, 0.2) is 0 Å². The molecule has 1 aliphatic carbocycles. The molecule has 0 N–H and O–H groups in total. The summed E-state index contributed by atoms with van der Waals surface area (Å²) in [5.41, 5.74) is 0.593. The van der Waals surface area contributed by atoms with Crippen LogP contribution in [0.1, 0.15) is 71.1 Å². The third-order valence-electron chi connectivity index (χ3n) is 5.21. The Morgan fingerprint density at radius 3 is 2.44 bits per heavy atom. The zero-order chi connectivity index (χ0) is 12.8. The third kappa shape index (κ3) is 3.72. The number of hydrogen-bond acceptors (Lipinski definition) is 1. The Morgan fingerprint density at radius 1 is 1.06 bits per heavy atom. The van der Waals surface area contributed by atoms with Crippen molar-refractivity contribution in [1.82, 2.24) is 4.90 Å². The summed E-state index contributed by atoms with van der Waals surface area (Å²) >= 11 is 3.83. The molecule has 2 rings (SSSR count). The Morgan fingerprint density at radius 2 is 1.78 bits per heavy atom. The van der Waals surface area contributed by atoms with Crippen LogP contribution >= 0.6 is 15.9 Å². The molecular weight excluding hydrogens is 286 g/mol. The molecule has 0 aromatic heterocycles. The van der Waals surface area contributed by atoms with E-state index >= 15 is 0 Å². The van der Waals surface area contributed by atoms with E-state index in [9.17, 15) is 0 Å². The van der Waals surface area contributed by atoms with Gasteiger partial charge in [-0.25, -0.2) is 0 Å². The van der Waals surface area contributed by atoms with E-state index in [4.69, 9.17) is 0 Å². The van der Waals surface area contributed by atoms with Crippen LogP contribution in [0.15, 0.2) is 0 Å². The molecule has 1 nitrogen and oxygen atoms in total. The fourth-order valence-corrected chi connectivity index (χ4v) is 4.71. The smallest absolute Gasteiger partial charge is 0.0100 e. The minimum absolute atomic E-state index is 0.593. The summed E-state index contributed by atoms with van der Waals surface area (Å²) < 4.78 is 0. The zero-order valence-electron chi connectivity index (χ0n) is 12.1. The number of rotatable bonds is 4. The molecule has 0 spiro atoms. The van der Waals surface area contributed by atoms with Crippen LogP contribution in [0.25, 0.3) is 0 Å². The summed E-state index contributed by atoms with van der Waals surface area (Å²) in [4.78, 5) is 2.85. The van der Waals surface area contributed by atoms with Crippen LogP contribution in [0.2, 0.25) is 0 Å². The highest BCUT2D eigenvalue weighted by Gasteiger charge is 2.34. The molecule has 1 heterocycles. The van der Waals surface area contributed by atoms with Crippen molar-refractivity contribution in [1.29, 1.82) is 0 Å². The lowest BCUT2D eigenvalue weighted by Crippen LogP contribution is -2.45. The second-order valence-electron chi connectivity index (χ2n) is 6.58. The van der Waals surface area contributed by atoms with Crippen LogP contribution in [0.5, 0.6) is 0 Å². The van der Waals surface area contributed by atoms with Gasteiger partial charge in [-0.15, -0.1) is 0 Å². The van der Waals surface area contributed by atoms with E-state index in [0.717, 1.165) is 6.04 Å². The van der Waals surface area contributed by atoms with Crippen molar-refractivity contribution < 1.29 is 0 Å². The molecule has 1 aliphatic heterocycles. The monoisotopic (exact) mass is 315 g/mol. The van der Waals surface area contributed by atoms with Gasteiger partial charge >= 0.3 is 0 Å². The largest absolute Gasteiger partial charge is 0.300 e. The highest BCUT2D eigenvalue weighted by atomic mass is 79.9. The second-order valence-corrected chi connectivity index (χ2v) is 7.14. The first kappa shape index (κ1) is 14.8. The molecule has 2 fully saturated rings. The van der Waals surface area contributed by atoms with Crippen molar-refractivity contribution in [2.24, 2.45) is 5.41 Å². The quantitative estimate of drug-likeness (QED) is 0.661. The maximum absolute atomic E-state index is 3.83. The first-order valence-corrected chi connectivity index (χ1v) is 9.22. The number of nitrogens with zero attached hydrogens (tertiary/aromatic N) is 1. The molecular formula is C16H30BrN. The molecule has 106 valence electrons. The van der Waals surface area contributed by atoms with Crippen LogP contribution in [0.4, 0.5) is 0 Å². The summed E-state index contributed by atoms with van der Waals surface area (Å²) in [6, 6.07) is 0.866. The summed E-state index contributed by atoms with van der Waals surface area (Å²) in [5.74, 6) is 0. The Bertz CT molecular complexity index is 235. The van der Waals surface area contributed by atoms with E-state index in [2.05, 4.69) is 27.8 Å². The fraction of sp³-hybridized carbons (Fsp3) is 1.00. The van der Waals surface area contributed by atoms with Crippen molar-refractivity contribution in [3.63, 3.8) is 0 Å². The molecule has 1 saturated carbocycles. The minimum atomic E-state index is 0.593. The van der Waals surface area contributed by atoms with Crippen molar-refractivity contribution >= 4 is 15.9 Å². The van der Waals surface area contributed by atoms with E-state index in [1.165, 1.54) is 82.6 Å². The van der Waals surface area contributed by atoms with Gasteiger partial charge in [-0.3, -0.25) is 4.90 Å². The fourth-order valence-electron chi connectivity index (χ4n) is 3.97. The van der Waals surface area contributed by atoms with Crippen LogP contribution in [0, 0.1) is 5.41 Å². The van der Waals surface area contributed by atoms with E-state index in [0.29, 0.717) is 5.41 Å². The summed E-state index contributed by atoms with van der Waals surface area (Å²) in [5, 5.41) is 1.22. The van der Waals surface area contributed by atoms with Crippen LogP contribution in [-0.4, -0.2) is 29.4 Å². The van der Waals surface area contributed by atoms with Crippen molar-refractivity contribution in [2.75, 3.05) is 18.4 Å². The predicted octanol–water partition coefficient (Wildman–Crippen LogP) is 4.99. The Labute approximate surface area is 122 Å². The summed E-state index contributed by atoms with van der Waals surface area (Å²) in [6.45, 7) is 5.09. The molecule has 0 bridgehead atoms. The molecule has 1 atom stereocenters. The third-order valence-corrected chi connectivity index (χ3v) is 6.40. The molecule has 1 unspecified atom stereocenters. The Kier molecular flexibility index (Phi) is 6.00. The Hall–Kier alpha value is 0.440. The zero-order valence-corrected chi connectivity index (χ0v) is 13.7.